The summed E-state index contributed by atoms with van der Waals surface area (Å²) in [4.78, 5) is 75.5. The van der Waals surface area contributed by atoms with Gasteiger partial charge in [0, 0.05) is 51.0 Å². The number of ether oxygens (including phenoxy) is 1. The van der Waals surface area contributed by atoms with Crippen LogP contribution >= 0.6 is 22.7 Å². The van der Waals surface area contributed by atoms with Gasteiger partial charge in [0.1, 0.15) is 29.3 Å². The second-order valence-corrected chi connectivity index (χ2v) is 22.0. The van der Waals surface area contributed by atoms with Gasteiger partial charge in [-0.15, -0.1) is 22.7 Å². The maximum absolute atomic E-state index is 14.1. The molecule has 8 rings (SSSR count). The van der Waals surface area contributed by atoms with Crippen molar-refractivity contribution in [3.05, 3.63) is 154 Å². The van der Waals surface area contributed by atoms with Crippen LogP contribution < -0.4 is 20.8 Å². The Balaban J connectivity index is 0.741. The molecule has 5 aromatic carbocycles. The lowest BCUT2D eigenvalue weighted by molar-refractivity contribution is -0.144. The molecule has 7 aromatic rings. The van der Waals surface area contributed by atoms with Gasteiger partial charge in [-0.25, -0.2) is 10.4 Å². The van der Waals surface area contributed by atoms with Crippen LogP contribution in [0.3, 0.4) is 0 Å². The van der Waals surface area contributed by atoms with Crippen molar-refractivity contribution in [1.82, 2.24) is 25.9 Å². The van der Waals surface area contributed by atoms with Crippen LogP contribution in [0.25, 0.3) is 31.0 Å². The molecule has 0 spiro atoms. The third-order valence-corrected chi connectivity index (χ3v) is 15.5. The van der Waals surface area contributed by atoms with Crippen molar-refractivity contribution in [2.24, 2.45) is 10.5 Å². The van der Waals surface area contributed by atoms with Gasteiger partial charge in [0.05, 0.1) is 41.0 Å². The molecule has 0 saturated carbocycles. The maximum Gasteiger partial charge on any atom is 0.271 e. The molecular formula is C59H62N6O9S2. The fourth-order valence-electron chi connectivity index (χ4n) is 9.10. The largest absolute Gasteiger partial charge is 0.508 e. The van der Waals surface area contributed by atoms with Crippen molar-refractivity contribution in [2.75, 3.05) is 13.2 Å². The topological polar surface area (TPSA) is 220 Å². The Morgan fingerprint density at radius 2 is 1.47 bits per heavy atom. The van der Waals surface area contributed by atoms with E-state index in [1.165, 1.54) is 28.5 Å². The zero-order valence-electron chi connectivity index (χ0n) is 43.0. The van der Waals surface area contributed by atoms with Gasteiger partial charge in [-0.05, 0) is 133 Å². The van der Waals surface area contributed by atoms with Crippen LogP contribution in [0.2, 0.25) is 0 Å². The number of hydrogen-bond acceptors (Lipinski definition) is 13. The van der Waals surface area contributed by atoms with E-state index in [0.29, 0.717) is 45.7 Å². The number of unbranched alkanes of at least 4 members (excludes halogenated alkanes) is 3. The average Bonchev–Trinajstić information content (AvgIpc) is 4.14. The number of amides is 4. The van der Waals surface area contributed by atoms with E-state index < -0.39 is 35.4 Å². The van der Waals surface area contributed by atoms with Crippen molar-refractivity contribution in [2.45, 2.75) is 97.4 Å². The van der Waals surface area contributed by atoms with E-state index in [-0.39, 0.29) is 54.5 Å². The van der Waals surface area contributed by atoms with Crippen LogP contribution in [-0.2, 0) is 14.4 Å². The number of rotatable bonds is 20. The molecule has 0 unspecified atom stereocenters. The first-order valence-corrected chi connectivity index (χ1v) is 27.0. The number of benzene rings is 5. The number of hydrazone groups is 1. The predicted octanol–water partition coefficient (Wildman–Crippen LogP) is 10.1. The summed E-state index contributed by atoms with van der Waals surface area (Å²) in [5.41, 5.74) is 9.23. The average molecular weight is 1060 g/mol. The molecule has 3 heterocycles. The summed E-state index contributed by atoms with van der Waals surface area (Å²) >= 11 is 2.94. The van der Waals surface area contributed by atoms with Crippen LogP contribution in [0.4, 0.5) is 0 Å². The lowest BCUT2D eigenvalue weighted by Crippen LogP contribution is -2.57. The van der Waals surface area contributed by atoms with Crippen LogP contribution in [-0.4, -0.2) is 92.2 Å². The van der Waals surface area contributed by atoms with Gasteiger partial charge >= 0.3 is 0 Å². The Labute approximate surface area is 449 Å². The predicted molar refractivity (Wildman–Crippen MR) is 297 cm³/mol. The van der Waals surface area contributed by atoms with Gasteiger partial charge < -0.3 is 35.6 Å². The molecule has 0 bridgehead atoms. The van der Waals surface area contributed by atoms with Crippen LogP contribution in [0.5, 0.6) is 17.2 Å². The Kier molecular flexibility index (Phi) is 17.4. The van der Waals surface area contributed by atoms with E-state index in [1.807, 2.05) is 88.7 Å². The number of phenolic OH excluding ortho intramolecular Hbond substituents is 2. The van der Waals surface area contributed by atoms with Crippen molar-refractivity contribution in [3.63, 3.8) is 0 Å². The number of hydrogen-bond donors (Lipinski definition) is 6. The quantitative estimate of drug-likeness (QED) is 0.0184. The third-order valence-electron chi connectivity index (χ3n) is 13.3. The number of aliphatic hydroxyl groups is 1. The van der Waals surface area contributed by atoms with Crippen molar-refractivity contribution >= 4 is 68.4 Å². The molecule has 1 aliphatic heterocycles. The number of ketones is 1. The summed E-state index contributed by atoms with van der Waals surface area (Å²) in [5, 5.41) is 41.4. The minimum absolute atomic E-state index is 0.00163. The molecule has 6 N–H and O–H groups in total. The van der Waals surface area contributed by atoms with E-state index >= 15 is 0 Å². The third kappa shape index (κ3) is 13.4. The first-order valence-electron chi connectivity index (χ1n) is 25.3. The molecule has 76 heavy (non-hydrogen) atoms. The van der Waals surface area contributed by atoms with Gasteiger partial charge in [0.25, 0.3) is 5.91 Å². The second-order valence-electron chi connectivity index (χ2n) is 20.1. The lowest BCUT2D eigenvalue weighted by atomic mass is 9.85. The normalized spacial score (nSPS) is 15.4. The van der Waals surface area contributed by atoms with Crippen LogP contribution in [0.1, 0.15) is 115 Å². The van der Waals surface area contributed by atoms with Crippen LogP contribution in [0, 0.1) is 12.3 Å². The highest BCUT2D eigenvalue weighted by molar-refractivity contribution is 7.22. The summed E-state index contributed by atoms with van der Waals surface area (Å²) in [6.45, 7) is 9.93. The van der Waals surface area contributed by atoms with Gasteiger partial charge in [0.15, 0.2) is 5.78 Å². The number of carbonyl (C=O) groups is 5. The molecule has 1 aliphatic rings. The second kappa shape index (κ2) is 24.3. The zero-order chi connectivity index (χ0) is 54.1. The number of aryl methyl sites for hydroxylation is 1. The highest BCUT2D eigenvalue weighted by Gasteiger charge is 2.44. The number of aromatic nitrogens is 1. The SMILES string of the molecule is Cc1ncsc1-c1ccc([C@H](C)NC(=O)[C@@H]2C[C@@H](O)CN2C(=O)[C@@H](NC(=O)CCCCCCOc2ccc(/C=N/NC(=O)c3ccc(C(=O)c4c(-c5ccc(O)cc5)sc5cc(O)ccc45)cc3)cc2)C(C)(C)C)cc1. The molecule has 2 aromatic heterocycles. The highest BCUT2D eigenvalue weighted by Crippen LogP contribution is 2.42. The number of nitrogens with one attached hydrogen (secondary N) is 3. The van der Waals surface area contributed by atoms with Crippen molar-refractivity contribution < 1.29 is 44.0 Å². The van der Waals surface area contributed by atoms with Crippen molar-refractivity contribution in [3.8, 4) is 38.1 Å². The molecule has 4 amide bonds. The Morgan fingerprint density at radius 3 is 2.16 bits per heavy atom. The fourth-order valence-corrected chi connectivity index (χ4v) is 11.2. The molecule has 0 radical (unpaired) electrons. The summed E-state index contributed by atoms with van der Waals surface area (Å²) < 4.78 is 6.67. The number of likely N-dealkylation sites (tertiary alicyclic amines) is 1. The summed E-state index contributed by atoms with van der Waals surface area (Å²) in [5.74, 6) is -0.846. The number of β-amino-alcohol motifs (C(OH)–C–C–N with tert-alkyl or cyclic N) is 1. The molecule has 1 fully saturated rings. The van der Waals surface area contributed by atoms with Crippen molar-refractivity contribution in [1.29, 1.82) is 0 Å². The number of aliphatic hydroxyl groups excluding tert-OH is 1. The zero-order valence-corrected chi connectivity index (χ0v) is 44.7. The first-order chi connectivity index (χ1) is 36.4. The number of thiophene rings is 1. The number of aromatic hydroxyl groups is 2. The number of thiazole rings is 1. The molecular weight excluding hydrogens is 1000 g/mol. The van der Waals surface area contributed by atoms with Crippen LogP contribution in [0.15, 0.2) is 126 Å². The van der Waals surface area contributed by atoms with E-state index in [9.17, 15) is 39.3 Å². The number of phenols is 2. The van der Waals surface area contributed by atoms with Gasteiger partial charge in [-0.3, -0.25) is 24.0 Å². The van der Waals surface area contributed by atoms with E-state index in [4.69, 9.17) is 4.74 Å². The summed E-state index contributed by atoms with van der Waals surface area (Å²) in [7, 11) is 0. The number of carbonyl (C=O) groups excluding carboxylic acids is 5. The maximum atomic E-state index is 14.1. The fraction of sp³-hybridized carbons (Fsp3) is 0.305. The number of fused-ring (bicyclic) bond motifs is 1. The van der Waals surface area contributed by atoms with E-state index in [0.717, 1.165) is 56.8 Å². The Hall–Kier alpha value is -7.73. The first kappa shape index (κ1) is 54.5. The van der Waals surface area contributed by atoms with Gasteiger partial charge in [-0.2, -0.15) is 5.10 Å². The molecule has 0 aliphatic carbocycles. The standard InChI is InChI=1S/C59H62N6O9S2/c1-35(38-13-17-40(18-14-38)53-36(2)60-34-75-53)62-57(72)48-30-45(68)33-65(48)58(73)55(59(3,4)5)63-50(69)10-8-6-7-9-29-74-46-26-11-37(12-27-46)32-61-64-56(71)42-19-15-39(16-20-42)52(70)51-47-28-25-44(67)31-49(47)76-54(51)41-21-23-43(66)24-22-41/h11-28,31-32,34-35,45,48,55,66-68H,6-10,29-30,33H2,1-5H3,(H,62,72)(H,63,69)(H,64,71)/b61-32+/t35-,45+,48-,55+/m0/s1. The molecule has 15 nitrogen and oxygen atoms in total. The monoisotopic (exact) mass is 1060 g/mol. The molecule has 17 heteroatoms. The molecule has 4 atom stereocenters. The minimum atomic E-state index is -0.902. The summed E-state index contributed by atoms with van der Waals surface area (Å²) in [6, 6.07) is 30.8. The lowest BCUT2D eigenvalue weighted by Gasteiger charge is -2.35. The Bertz CT molecular complexity index is 3220. The van der Waals surface area contributed by atoms with E-state index in [1.54, 1.807) is 72.0 Å². The van der Waals surface area contributed by atoms with Gasteiger partial charge in [-0.1, -0.05) is 70.0 Å². The van der Waals surface area contributed by atoms with E-state index in [2.05, 4.69) is 26.1 Å². The molecule has 394 valence electrons. The highest BCUT2D eigenvalue weighted by atomic mass is 32.1. The Morgan fingerprint density at radius 1 is 0.816 bits per heavy atom. The smallest absolute Gasteiger partial charge is 0.271 e. The van der Waals surface area contributed by atoms with Gasteiger partial charge in [0.2, 0.25) is 17.7 Å². The number of nitrogens with zero attached hydrogens (tertiary/aromatic N) is 3. The summed E-state index contributed by atoms with van der Waals surface area (Å²) in [6.07, 6.45) is 3.98. The minimum Gasteiger partial charge on any atom is -0.508 e. The molecule has 1 saturated heterocycles.